The van der Waals surface area contributed by atoms with Gasteiger partial charge in [0, 0.05) is 50.4 Å². The van der Waals surface area contributed by atoms with Crippen molar-refractivity contribution in [3.8, 4) is 0 Å². The molecule has 13 heteroatoms. The highest BCUT2D eigenvalue weighted by Gasteiger charge is 2.30. The lowest BCUT2D eigenvalue weighted by Gasteiger charge is -2.33. The van der Waals surface area contributed by atoms with E-state index in [9.17, 15) is 28.6 Å². The number of nitrogens with zero attached hydrogens (tertiary/aromatic N) is 5. The zero-order valence-corrected chi connectivity index (χ0v) is 17.0. The van der Waals surface area contributed by atoms with Gasteiger partial charge in [-0.2, -0.15) is 4.31 Å². The number of nitro benzene ring substituents is 2. The number of hydrogen-bond donors (Lipinski definition) is 0. The molecule has 2 heterocycles. The van der Waals surface area contributed by atoms with E-state index in [0.29, 0.717) is 28.4 Å². The topological polar surface area (TPSA) is 140 Å². The first-order valence-electron chi connectivity index (χ1n) is 8.80. The largest absolute Gasteiger partial charge is 0.345 e. The summed E-state index contributed by atoms with van der Waals surface area (Å²) in [6, 6.07) is 9.46. The molecule has 3 aromatic rings. The first-order valence-corrected chi connectivity index (χ1v) is 11.1. The van der Waals surface area contributed by atoms with E-state index < -0.39 is 19.9 Å². The first kappa shape index (κ1) is 20.1. The molecule has 0 aliphatic carbocycles. The van der Waals surface area contributed by atoms with E-state index in [1.807, 2.05) is 4.90 Å². The second-order valence-electron chi connectivity index (χ2n) is 6.55. The highest BCUT2D eigenvalue weighted by Crippen LogP contribution is 2.32. The van der Waals surface area contributed by atoms with Crippen LogP contribution in [-0.4, -0.2) is 53.7 Å². The Hall–Kier alpha value is -3.16. The van der Waals surface area contributed by atoms with E-state index in [2.05, 4.69) is 4.98 Å². The van der Waals surface area contributed by atoms with Crippen LogP contribution < -0.4 is 4.90 Å². The van der Waals surface area contributed by atoms with Crippen LogP contribution in [0.4, 0.5) is 16.5 Å². The Morgan fingerprint density at radius 1 is 0.933 bits per heavy atom. The Morgan fingerprint density at radius 2 is 1.60 bits per heavy atom. The van der Waals surface area contributed by atoms with E-state index in [0.717, 1.165) is 6.07 Å². The summed E-state index contributed by atoms with van der Waals surface area (Å²) in [5, 5.41) is 22.5. The molecular formula is C17H15N5O6S2. The molecule has 2 aromatic carbocycles. The molecule has 1 aromatic heterocycles. The number of sulfonamides is 1. The molecular weight excluding hydrogens is 434 g/mol. The fraction of sp³-hybridized carbons (Fsp3) is 0.235. The van der Waals surface area contributed by atoms with Gasteiger partial charge in [-0.25, -0.2) is 13.4 Å². The highest BCUT2D eigenvalue weighted by atomic mass is 32.2. The van der Waals surface area contributed by atoms with Crippen molar-refractivity contribution < 1.29 is 18.3 Å². The first-order chi connectivity index (χ1) is 14.3. The quantitative estimate of drug-likeness (QED) is 0.428. The number of anilines is 1. The molecule has 0 spiro atoms. The normalized spacial score (nSPS) is 15.4. The molecule has 1 aliphatic rings. The molecule has 0 atom stereocenters. The van der Waals surface area contributed by atoms with Crippen LogP contribution in [0.25, 0.3) is 10.2 Å². The van der Waals surface area contributed by atoms with Crippen LogP contribution in [0.1, 0.15) is 0 Å². The van der Waals surface area contributed by atoms with Crippen LogP contribution >= 0.6 is 11.3 Å². The summed E-state index contributed by atoms with van der Waals surface area (Å²) in [6.07, 6.45) is 0. The van der Waals surface area contributed by atoms with Gasteiger partial charge in [-0.05, 0) is 12.1 Å². The van der Waals surface area contributed by atoms with E-state index in [1.165, 1.54) is 46.0 Å². The molecule has 1 saturated heterocycles. The minimum absolute atomic E-state index is 0.00873. The average Bonchev–Trinajstić information content (AvgIpc) is 3.17. The molecule has 11 nitrogen and oxygen atoms in total. The maximum absolute atomic E-state index is 12.9. The van der Waals surface area contributed by atoms with Gasteiger partial charge < -0.3 is 4.90 Å². The Labute approximate surface area is 174 Å². The van der Waals surface area contributed by atoms with Crippen molar-refractivity contribution >= 4 is 48.1 Å². The highest BCUT2D eigenvalue weighted by molar-refractivity contribution is 7.89. The molecule has 1 aliphatic heterocycles. The number of thiazole rings is 1. The monoisotopic (exact) mass is 449 g/mol. The fourth-order valence-electron chi connectivity index (χ4n) is 3.18. The third-order valence-corrected chi connectivity index (χ3v) is 7.72. The molecule has 0 N–H and O–H groups in total. The van der Waals surface area contributed by atoms with Crippen molar-refractivity contribution in [3.63, 3.8) is 0 Å². The summed E-state index contributed by atoms with van der Waals surface area (Å²) in [4.78, 5) is 27.1. The molecule has 4 rings (SSSR count). The van der Waals surface area contributed by atoms with Gasteiger partial charge in [-0.15, -0.1) is 0 Å². The third kappa shape index (κ3) is 3.69. The zero-order chi connectivity index (χ0) is 21.5. The maximum Gasteiger partial charge on any atom is 0.270 e. The average molecular weight is 449 g/mol. The van der Waals surface area contributed by atoms with Crippen molar-refractivity contribution in [2.75, 3.05) is 31.1 Å². The number of hydrogen-bond acceptors (Lipinski definition) is 9. The number of nitro groups is 2. The summed E-state index contributed by atoms with van der Waals surface area (Å²) in [7, 11) is -3.85. The summed E-state index contributed by atoms with van der Waals surface area (Å²) in [6.45, 7) is 1.16. The third-order valence-electron chi connectivity index (χ3n) is 4.75. The number of non-ortho nitro benzene ring substituents is 2. The Balaban J connectivity index is 1.51. The maximum atomic E-state index is 12.9. The number of benzene rings is 2. The van der Waals surface area contributed by atoms with Gasteiger partial charge in [-0.1, -0.05) is 17.4 Å². The van der Waals surface area contributed by atoms with Crippen molar-refractivity contribution in [1.29, 1.82) is 0 Å². The second kappa shape index (κ2) is 7.59. The predicted octanol–water partition coefficient (Wildman–Crippen LogP) is 2.62. The number of rotatable bonds is 5. The van der Waals surface area contributed by atoms with Crippen LogP contribution in [0.5, 0.6) is 0 Å². The second-order valence-corrected chi connectivity index (χ2v) is 9.50. The predicted molar refractivity (Wildman–Crippen MR) is 110 cm³/mol. The van der Waals surface area contributed by atoms with Gasteiger partial charge in [0.1, 0.15) is 0 Å². The van der Waals surface area contributed by atoms with Gasteiger partial charge in [0.05, 0.1) is 25.0 Å². The van der Waals surface area contributed by atoms with Gasteiger partial charge >= 0.3 is 0 Å². The minimum Gasteiger partial charge on any atom is -0.345 e. The van der Waals surface area contributed by atoms with Gasteiger partial charge in [0.25, 0.3) is 11.4 Å². The lowest BCUT2D eigenvalue weighted by atomic mass is 10.3. The van der Waals surface area contributed by atoms with Crippen molar-refractivity contribution in [2.24, 2.45) is 0 Å². The molecule has 1 fully saturated rings. The Bertz CT molecular complexity index is 1250. The summed E-state index contributed by atoms with van der Waals surface area (Å²) in [5.74, 6) is 0. The molecule has 30 heavy (non-hydrogen) atoms. The van der Waals surface area contributed by atoms with Crippen molar-refractivity contribution in [1.82, 2.24) is 9.29 Å². The lowest BCUT2D eigenvalue weighted by Crippen LogP contribution is -2.48. The van der Waals surface area contributed by atoms with Crippen molar-refractivity contribution in [3.05, 3.63) is 62.7 Å². The smallest absolute Gasteiger partial charge is 0.270 e. The molecule has 0 bridgehead atoms. The molecule has 0 amide bonds. The Morgan fingerprint density at radius 3 is 2.27 bits per heavy atom. The van der Waals surface area contributed by atoms with Gasteiger partial charge in [-0.3, -0.25) is 20.2 Å². The van der Waals surface area contributed by atoms with Crippen LogP contribution in [0.2, 0.25) is 0 Å². The molecule has 0 radical (unpaired) electrons. The summed E-state index contributed by atoms with van der Waals surface area (Å²) in [5.41, 5.74) is 0.357. The summed E-state index contributed by atoms with van der Waals surface area (Å²) < 4.78 is 27.7. The molecule has 0 unspecified atom stereocenters. The van der Waals surface area contributed by atoms with E-state index >= 15 is 0 Å². The van der Waals surface area contributed by atoms with Gasteiger partial charge in [0.2, 0.25) is 10.0 Å². The number of fused-ring (bicyclic) bond motifs is 1. The molecule has 0 saturated carbocycles. The summed E-state index contributed by atoms with van der Waals surface area (Å²) >= 11 is 1.31. The lowest BCUT2D eigenvalue weighted by molar-refractivity contribution is -0.385. The van der Waals surface area contributed by atoms with Crippen LogP contribution in [0.3, 0.4) is 0 Å². The molecule has 156 valence electrons. The van der Waals surface area contributed by atoms with Crippen LogP contribution in [0.15, 0.2) is 47.4 Å². The van der Waals surface area contributed by atoms with Crippen LogP contribution in [-0.2, 0) is 10.0 Å². The minimum atomic E-state index is -3.85. The SMILES string of the molecule is O=[N+]([O-])c1cccc(S(=O)(=O)N2CCN(c3nc4ccc([N+](=O)[O-])cc4s3)CC2)c1. The van der Waals surface area contributed by atoms with E-state index in [4.69, 9.17) is 0 Å². The number of aromatic nitrogens is 1. The van der Waals surface area contributed by atoms with Crippen molar-refractivity contribution in [2.45, 2.75) is 4.90 Å². The zero-order valence-electron chi connectivity index (χ0n) is 15.4. The standard InChI is InChI=1S/C17H15N5O6S2/c23-21(24)12-2-1-3-14(10-12)30(27,28)20-8-6-19(7-9-20)17-18-15-5-4-13(22(25)26)11-16(15)29-17/h1-5,10-11H,6-9H2. The van der Waals surface area contributed by atoms with Crippen LogP contribution in [0, 0.1) is 20.2 Å². The van der Waals surface area contributed by atoms with Gasteiger partial charge in [0.15, 0.2) is 5.13 Å². The van der Waals surface area contributed by atoms with E-state index in [1.54, 1.807) is 6.07 Å². The number of piperazine rings is 1. The fourth-order valence-corrected chi connectivity index (χ4v) is 5.69. The Kier molecular flexibility index (Phi) is 5.09. The van der Waals surface area contributed by atoms with E-state index in [-0.39, 0.29) is 29.4 Å².